The largest absolute Gasteiger partial charge is 0.497 e. The van der Waals surface area contributed by atoms with Gasteiger partial charge in [-0.2, -0.15) is 0 Å². The van der Waals surface area contributed by atoms with Crippen molar-refractivity contribution >= 4 is 11.8 Å². The molecule has 0 radical (unpaired) electrons. The van der Waals surface area contributed by atoms with Crippen LogP contribution in [-0.2, 0) is 9.59 Å². The quantitative estimate of drug-likeness (QED) is 0.676. The molecule has 0 spiro atoms. The molecule has 0 aliphatic carbocycles. The highest BCUT2D eigenvalue weighted by Gasteiger charge is 2.18. The molecule has 6 nitrogen and oxygen atoms in total. The standard InChI is InChI=1S/C13H19N3O3/c1-8(9-4-3-5-10(6-9)19-2)16-13(18)11(14)7-12(15)17/h3-6,8,11H,7,14H2,1-2H3,(H2,15,17)(H,16,18). The fourth-order valence-electron chi connectivity index (χ4n) is 1.62. The van der Waals surface area contributed by atoms with Crippen LogP contribution in [0.15, 0.2) is 24.3 Å². The normalized spacial score (nSPS) is 13.4. The molecule has 19 heavy (non-hydrogen) atoms. The molecule has 1 aromatic rings. The fraction of sp³-hybridized carbons (Fsp3) is 0.385. The minimum absolute atomic E-state index is 0.170. The van der Waals surface area contributed by atoms with Gasteiger partial charge in [-0.15, -0.1) is 0 Å². The Morgan fingerprint density at radius 2 is 2.11 bits per heavy atom. The average molecular weight is 265 g/mol. The van der Waals surface area contributed by atoms with Crippen LogP contribution in [0.1, 0.15) is 24.9 Å². The Balaban J connectivity index is 2.65. The van der Waals surface area contributed by atoms with Gasteiger partial charge in [0.2, 0.25) is 11.8 Å². The van der Waals surface area contributed by atoms with Gasteiger partial charge in [0.1, 0.15) is 5.75 Å². The second kappa shape index (κ2) is 6.75. The van der Waals surface area contributed by atoms with Crippen molar-refractivity contribution in [3.05, 3.63) is 29.8 Å². The number of methoxy groups -OCH3 is 1. The van der Waals surface area contributed by atoms with Crippen molar-refractivity contribution in [1.82, 2.24) is 5.32 Å². The number of primary amides is 1. The Kier molecular flexibility index (Phi) is 5.32. The smallest absolute Gasteiger partial charge is 0.237 e. The lowest BCUT2D eigenvalue weighted by molar-refractivity contribution is -0.126. The van der Waals surface area contributed by atoms with Gasteiger partial charge >= 0.3 is 0 Å². The first-order valence-corrected chi connectivity index (χ1v) is 5.92. The average Bonchev–Trinajstić information content (AvgIpc) is 2.37. The van der Waals surface area contributed by atoms with E-state index in [2.05, 4.69) is 5.32 Å². The van der Waals surface area contributed by atoms with Gasteiger partial charge in [-0.1, -0.05) is 12.1 Å². The number of hydrogen-bond donors (Lipinski definition) is 3. The summed E-state index contributed by atoms with van der Waals surface area (Å²) in [4.78, 5) is 22.4. The molecule has 1 rings (SSSR count). The molecule has 0 aliphatic rings. The van der Waals surface area contributed by atoms with Gasteiger partial charge in [-0.3, -0.25) is 9.59 Å². The maximum absolute atomic E-state index is 11.7. The number of nitrogens with two attached hydrogens (primary N) is 2. The lowest BCUT2D eigenvalue weighted by Gasteiger charge is -2.17. The Labute approximate surface area is 112 Å². The van der Waals surface area contributed by atoms with E-state index in [9.17, 15) is 9.59 Å². The second-order valence-electron chi connectivity index (χ2n) is 4.28. The first kappa shape index (κ1) is 15.0. The molecule has 0 fully saturated rings. The van der Waals surface area contributed by atoms with Crippen LogP contribution >= 0.6 is 0 Å². The van der Waals surface area contributed by atoms with Gasteiger partial charge < -0.3 is 21.5 Å². The maximum atomic E-state index is 11.7. The molecule has 104 valence electrons. The summed E-state index contributed by atoms with van der Waals surface area (Å²) >= 11 is 0. The van der Waals surface area contributed by atoms with Crippen LogP contribution in [0.4, 0.5) is 0 Å². The van der Waals surface area contributed by atoms with E-state index in [1.54, 1.807) is 7.11 Å². The van der Waals surface area contributed by atoms with Crippen molar-refractivity contribution in [2.75, 3.05) is 7.11 Å². The molecule has 5 N–H and O–H groups in total. The highest BCUT2D eigenvalue weighted by atomic mass is 16.5. The molecule has 2 atom stereocenters. The van der Waals surface area contributed by atoms with Gasteiger partial charge in [0.15, 0.2) is 0 Å². The van der Waals surface area contributed by atoms with Crippen molar-refractivity contribution in [3.63, 3.8) is 0 Å². The summed E-state index contributed by atoms with van der Waals surface area (Å²) in [5, 5.41) is 2.73. The van der Waals surface area contributed by atoms with Crippen molar-refractivity contribution in [2.24, 2.45) is 11.5 Å². The molecule has 0 aromatic heterocycles. The first-order valence-electron chi connectivity index (χ1n) is 5.92. The molecule has 0 bridgehead atoms. The zero-order valence-electron chi connectivity index (χ0n) is 11.1. The van der Waals surface area contributed by atoms with E-state index < -0.39 is 17.9 Å². The van der Waals surface area contributed by atoms with Crippen LogP contribution in [0.5, 0.6) is 5.75 Å². The molecule has 6 heteroatoms. The van der Waals surface area contributed by atoms with Gasteiger partial charge in [-0.05, 0) is 24.6 Å². The molecular weight excluding hydrogens is 246 g/mol. The number of nitrogens with one attached hydrogen (secondary N) is 1. The van der Waals surface area contributed by atoms with E-state index in [1.165, 1.54) is 0 Å². The predicted octanol–water partition coefficient (Wildman–Crippen LogP) is 0.0751. The summed E-state index contributed by atoms with van der Waals surface area (Å²) < 4.78 is 5.11. The summed E-state index contributed by atoms with van der Waals surface area (Å²) in [5.74, 6) is -0.300. The Hall–Kier alpha value is -2.08. The molecule has 0 saturated heterocycles. The molecule has 2 unspecified atom stereocenters. The number of benzene rings is 1. The van der Waals surface area contributed by atoms with E-state index >= 15 is 0 Å². The summed E-state index contributed by atoms with van der Waals surface area (Å²) in [6.07, 6.45) is -0.170. The summed E-state index contributed by atoms with van der Waals surface area (Å²) in [6, 6.07) is 6.18. The van der Waals surface area contributed by atoms with Crippen LogP contribution in [0.2, 0.25) is 0 Å². The molecular formula is C13H19N3O3. The molecule has 1 aromatic carbocycles. The van der Waals surface area contributed by atoms with E-state index in [1.807, 2.05) is 31.2 Å². The lowest BCUT2D eigenvalue weighted by atomic mass is 10.1. The second-order valence-corrected chi connectivity index (χ2v) is 4.28. The number of ether oxygens (including phenoxy) is 1. The Morgan fingerprint density at radius 1 is 1.42 bits per heavy atom. The van der Waals surface area contributed by atoms with Crippen LogP contribution < -0.4 is 21.5 Å². The zero-order valence-corrected chi connectivity index (χ0v) is 11.1. The highest BCUT2D eigenvalue weighted by Crippen LogP contribution is 2.18. The van der Waals surface area contributed by atoms with Gasteiger partial charge in [-0.25, -0.2) is 0 Å². The van der Waals surface area contributed by atoms with E-state index in [-0.39, 0.29) is 12.5 Å². The third-order valence-electron chi connectivity index (χ3n) is 2.71. The number of carbonyl (C=O) groups excluding carboxylic acids is 2. The number of hydrogen-bond acceptors (Lipinski definition) is 4. The van der Waals surface area contributed by atoms with Crippen molar-refractivity contribution in [2.45, 2.75) is 25.4 Å². The minimum atomic E-state index is -0.925. The van der Waals surface area contributed by atoms with Crippen LogP contribution in [-0.4, -0.2) is 25.0 Å². The van der Waals surface area contributed by atoms with Gasteiger partial charge in [0, 0.05) is 0 Å². The summed E-state index contributed by atoms with van der Waals surface area (Å²) in [6.45, 7) is 1.82. The topological polar surface area (TPSA) is 107 Å². The number of amides is 2. The number of carbonyl (C=O) groups is 2. The molecule has 0 saturated carbocycles. The first-order chi connectivity index (χ1) is 8.93. The van der Waals surface area contributed by atoms with Crippen molar-refractivity contribution in [1.29, 1.82) is 0 Å². The highest BCUT2D eigenvalue weighted by molar-refractivity contribution is 5.87. The monoisotopic (exact) mass is 265 g/mol. The van der Waals surface area contributed by atoms with E-state index in [0.29, 0.717) is 5.75 Å². The fourth-order valence-corrected chi connectivity index (χ4v) is 1.62. The Morgan fingerprint density at radius 3 is 2.68 bits per heavy atom. The third-order valence-corrected chi connectivity index (χ3v) is 2.71. The minimum Gasteiger partial charge on any atom is -0.497 e. The van der Waals surface area contributed by atoms with Gasteiger partial charge in [0.25, 0.3) is 0 Å². The van der Waals surface area contributed by atoms with Gasteiger partial charge in [0.05, 0.1) is 25.6 Å². The molecule has 2 amide bonds. The molecule has 0 aliphatic heterocycles. The SMILES string of the molecule is COc1cccc(C(C)NC(=O)C(N)CC(N)=O)c1. The van der Waals surface area contributed by atoms with E-state index in [4.69, 9.17) is 16.2 Å². The van der Waals surface area contributed by atoms with Crippen LogP contribution in [0, 0.1) is 0 Å². The maximum Gasteiger partial charge on any atom is 0.237 e. The predicted molar refractivity (Wildman–Crippen MR) is 71.3 cm³/mol. The summed E-state index contributed by atoms with van der Waals surface area (Å²) in [5.41, 5.74) is 11.4. The van der Waals surface area contributed by atoms with E-state index in [0.717, 1.165) is 5.56 Å². The molecule has 0 heterocycles. The van der Waals surface area contributed by atoms with Crippen LogP contribution in [0.3, 0.4) is 0 Å². The number of rotatable bonds is 6. The lowest BCUT2D eigenvalue weighted by Crippen LogP contribution is -2.43. The third kappa shape index (κ3) is 4.59. The zero-order chi connectivity index (χ0) is 14.4. The summed E-state index contributed by atoms with van der Waals surface area (Å²) in [7, 11) is 1.57. The Bertz CT molecular complexity index is 462. The van der Waals surface area contributed by atoms with Crippen molar-refractivity contribution < 1.29 is 14.3 Å². The van der Waals surface area contributed by atoms with Crippen LogP contribution in [0.25, 0.3) is 0 Å². The van der Waals surface area contributed by atoms with Crippen molar-refractivity contribution in [3.8, 4) is 5.75 Å².